The van der Waals surface area contributed by atoms with Crippen molar-refractivity contribution in [3.63, 3.8) is 0 Å². The Balaban J connectivity index is 2.62. The molecule has 0 saturated carbocycles. The number of halogens is 4. The summed E-state index contributed by atoms with van der Waals surface area (Å²) in [5, 5.41) is 2.87. The third-order valence-corrected chi connectivity index (χ3v) is 3.18. The van der Waals surface area contributed by atoms with Gasteiger partial charge in [-0.2, -0.15) is 13.2 Å². The molecule has 0 fully saturated rings. The summed E-state index contributed by atoms with van der Waals surface area (Å²) in [5.41, 5.74) is -4.41. The van der Waals surface area contributed by atoms with Crippen LogP contribution in [0.1, 0.15) is 26.6 Å². The van der Waals surface area contributed by atoms with Crippen molar-refractivity contribution in [2.24, 2.45) is 0 Å². The van der Waals surface area contributed by atoms with Crippen molar-refractivity contribution in [2.45, 2.75) is 31.7 Å². The molecule has 8 heteroatoms. The Hall–Kier alpha value is -0.500. The van der Waals surface area contributed by atoms with Crippen molar-refractivity contribution >= 4 is 33.5 Å². The van der Waals surface area contributed by atoms with E-state index in [1.807, 2.05) is 20.8 Å². The van der Waals surface area contributed by atoms with Crippen LogP contribution in [0.25, 0.3) is 0 Å². The maximum atomic E-state index is 12.0. The lowest BCUT2D eigenvalue weighted by Gasteiger charge is -2.18. The van der Waals surface area contributed by atoms with Crippen molar-refractivity contribution in [1.82, 2.24) is 9.97 Å². The maximum Gasteiger partial charge on any atom is 0.441 e. The third-order valence-electron chi connectivity index (χ3n) is 2.04. The molecule has 0 bridgehead atoms. The van der Waals surface area contributed by atoms with Crippen LogP contribution in [-0.2, 0) is 5.41 Å². The summed E-state index contributed by atoms with van der Waals surface area (Å²) in [6.45, 7) is 6.10. The summed E-state index contributed by atoms with van der Waals surface area (Å²) >= 11 is 3.22. The van der Waals surface area contributed by atoms with Crippen molar-refractivity contribution in [1.29, 1.82) is 0 Å². The lowest BCUT2D eigenvalue weighted by atomic mass is 9.96. The molecule has 0 aliphatic rings. The van der Waals surface area contributed by atoms with Crippen LogP contribution >= 0.6 is 27.7 Å². The molecule has 0 unspecified atom stereocenters. The monoisotopic (exact) mass is 357 g/mol. The van der Waals surface area contributed by atoms with Gasteiger partial charge in [0.2, 0.25) is 0 Å². The van der Waals surface area contributed by atoms with Gasteiger partial charge in [0.05, 0.1) is 0 Å². The molecular weight excluding hydrogens is 343 g/mol. The van der Waals surface area contributed by atoms with E-state index in [9.17, 15) is 13.2 Å². The van der Waals surface area contributed by atoms with Gasteiger partial charge >= 0.3 is 5.51 Å². The van der Waals surface area contributed by atoms with E-state index in [1.54, 1.807) is 6.07 Å². The highest BCUT2D eigenvalue weighted by atomic mass is 79.9. The topological polar surface area (TPSA) is 37.8 Å². The first-order chi connectivity index (χ1) is 8.58. The summed E-state index contributed by atoms with van der Waals surface area (Å²) in [7, 11) is 0. The zero-order valence-corrected chi connectivity index (χ0v) is 13.2. The molecule has 108 valence electrons. The number of thioether (sulfide) groups is 1. The van der Waals surface area contributed by atoms with Gasteiger partial charge in [-0.05, 0) is 27.7 Å². The Labute approximate surface area is 122 Å². The average Bonchev–Trinajstić information content (AvgIpc) is 2.21. The number of nitrogens with one attached hydrogen (secondary N) is 1. The summed E-state index contributed by atoms with van der Waals surface area (Å²) in [6, 6.07) is 1.65. The van der Waals surface area contributed by atoms with E-state index >= 15 is 0 Å². The first-order valence-corrected chi connectivity index (χ1v) is 7.35. The molecule has 1 aromatic heterocycles. The SMILES string of the molecule is CC(C)(C)c1nc(Br)cc(NCCSC(F)(F)F)n1. The highest BCUT2D eigenvalue weighted by Gasteiger charge is 2.27. The largest absolute Gasteiger partial charge is 0.441 e. The molecule has 1 aromatic rings. The van der Waals surface area contributed by atoms with Gasteiger partial charge in [0, 0.05) is 23.8 Å². The second-order valence-corrected chi connectivity index (χ2v) is 6.84. The van der Waals surface area contributed by atoms with E-state index in [0.717, 1.165) is 0 Å². The van der Waals surface area contributed by atoms with E-state index in [2.05, 4.69) is 31.2 Å². The minimum absolute atomic E-state index is 0.0509. The lowest BCUT2D eigenvalue weighted by molar-refractivity contribution is -0.0327. The molecule has 0 atom stereocenters. The first kappa shape index (κ1) is 16.6. The van der Waals surface area contributed by atoms with Crippen LogP contribution in [0, 0.1) is 0 Å². The first-order valence-electron chi connectivity index (χ1n) is 5.57. The molecule has 1 N–H and O–H groups in total. The molecule has 1 heterocycles. The number of alkyl halides is 3. The van der Waals surface area contributed by atoms with Crippen molar-refractivity contribution < 1.29 is 13.2 Å². The van der Waals surface area contributed by atoms with Gasteiger partial charge in [-0.1, -0.05) is 20.8 Å². The number of nitrogens with zero attached hydrogens (tertiary/aromatic N) is 2. The third kappa shape index (κ3) is 6.47. The van der Waals surface area contributed by atoms with Crippen LogP contribution in [0.15, 0.2) is 10.7 Å². The zero-order chi connectivity index (χ0) is 14.7. The van der Waals surface area contributed by atoms with Crippen LogP contribution in [0.4, 0.5) is 19.0 Å². The molecule has 3 nitrogen and oxygen atoms in total. The number of hydrogen-bond donors (Lipinski definition) is 1. The molecule has 0 aromatic carbocycles. The van der Waals surface area contributed by atoms with Crippen LogP contribution in [0.3, 0.4) is 0 Å². The fourth-order valence-corrected chi connectivity index (χ4v) is 2.01. The lowest BCUT2D eigenvalue weighted by Crippen LogP contribution is -2.18. The normalized spacial score (nSPS) is 12.6. The Morgan fingerprint density at radius 1 is 1.26 bits per heavy atom. The second-order valence-electron chi connectivity index (χ2n) is 4.87. The molecule has 0 aliphatic carbocycles. The molecule has 0 spiro atoms. The highest BCUT2D eigenvalue weighted by Crippen LogP contribution is 2.29. The van der Waals surface area contributed by atoms with Gasteiger partial charge < -0.3 is 5.32 Å². The minimum Gasteiger partial charge on any atom is -0.369 e. The van der Waals surface area contributed by atoms with Gasteiger partial charge in [-0.3, -0.25) is 0 Å². The summed E-state index contributed by atoms with van der Waals surface area (Å²) in [5.74, 6) is 1.10. The summed E-state index contributed by atoms with van der Waals surface area (Å²) < 4.78 is 36.5. The highest BCUT2D eigenvalue weighted by molar-refractivity contribution is 9.10. The Morgan fingerprint density at radius 3 is 2.42 bits per heavy atom. The Morgan fingerprint density at radius 2 is 1.89 bits per heavy atom. The van der Waals surface area contributed by atoms with E-state index in [4.69, 9.17) is 0 Å². The Bertz CT molecular complexity index is 432. The van der Waals surface area contributed by atoms with Crippen molar-refractivity contribution in [3.05, 3.63) is 16.5 Å². The fourth-order valence-electron chi connectivity index (χ4n) is 1.19. The maximum absolute atomic E-state index is 12.0. The van der Waals surface area contributed by atoms with E-state index < -0.39 is 5.51 Å². The van der Waals surface area contributed by atoms with E-state index in [-0.39, 0.29) is 29.5 Å². The van der Waals surface area contributed by atoms with Gasteiger partial charge in [-0.25, -0.2) is 9.97 Å². The molecule has 0 radical (unpaired) electrons. The quantitative estimate of drug-likeness (QED) is 0.647. The number of hydrogen-bond acceptors (Lipinski definition) is 4. The van der Waals surface area contributed by atoms with Gasteiger partial charge in [0.15, 0.2) is 0 Å². The van der Waals surface area contributed by atoms with E-state index in [0.29, 0.717) is 16.2 Å². The van der Waals surface area contributed by atoms with Crippen LogP contribution < -0.4 is 5.32 Å². The van der Waals surface area contributed by atoms with Crippen molar-refractivity contribution in [2.75, 3.05) is 17.6 Å². The van der Waals surface area contributed by atoms with Gasteiger partial charge in [0.25, 0.3) is 0 Å². The summed E-state index contributed by atoms with van der Waals surface area (Å²) in [4.78, 5) is 8.55. The smallest absolute Gasteiger partial charge is 0.369 e. The molecule has 0 amide bonds. The molecule has 0 aliphatic heterocycles. The predicted molar refractivity (Wildman–Crippen MR) is 75.4 cm³/mol. The predicted octanol–water partition coefficient (Wildman–Crippen LogP) is 4.20. The van der Waals surface area contributed by atoms with Gasteiger partial charge in [0.1, 0.15) is 16.2 Å². The fraction of sp³-hybridized carbons (Fsp3) is 0.636. The molecular formula is C11H15BrF3N3S. The molecule has 19 heavy (non-hydrogen) atoms. The Kier molecular flexibility index (Phi) is 5.49. The molecule has 1 rings (SSSR count). The average molecular weight is 358 g/mol. The van der Waals surface area contributed by atoms with Gasteiger partial charge in [-0.15, -0.1) is 0 Å². The van der Waals surface area contributed by atoms with Crippen LogP contribution in [0.5, 0.6) is 0 Å². The summed E-state index contributed by atoms with van der Waals surface area (Å²) in [6.07, 6.45) is 0. The number of rotatable bonds is 4. The number of aromatic nitrogens is 2. The number of anilines is 1. The minimum atomic E-state index is -4.19. The van der Waals surface area contributed by atoms with E-state index in [1.165, 1.54) is 0 Å². The van der Waals surface area contributed by atoms with Crippen LogP contribution in [-0.4, -0.2) is 27.8 Å². The molecule has 0 saturated heterocycles. The zero-order valence-electron chi connectivity index (χ0n) is 10.8. The standard InChI is InChI=1S/C11H15BrF3N3S/c1-10(2,3)9-17-7(12)6-8(18-9)16-4-5-19-11(13,14)15/h6H,4-5H2,1-3H3,(H,16,17,18). The second kappa shape index (κ2) is 6.30. The van der Waals surface area contributed by atoms with Crippen LogP contribution in [0.2, 0.25) is 0 Å². The van der Waals surface area contributed by atoms with Crippen molar-refractivity contribution in [3.8, 4) is 0 Å².